The summed E-state index contributed by atoms with van der Waals surface area (Å²) < 4.78 is 6.81. The summed E-state index contributed by atoms with van der Waals surface area (Å²) in [5.74, 6) is -0.0708. The molecule has 1 aromatic carbocycles. The molecule has 0 unspecified atom stereocenters. The van der Waals surface area contributed by atoms with E-state index in [9.17, 15) is 4.79 Å². The number of nitrogens with zero attached hydrogens (tertiary/aromatic N) is 2. The van der Waals surface area contributed by atoms with E-state index in [-0.39, 0.29) is 6.42 Å². The van der Waals surface area contributed by atoms with Gasteiger partial charge in [-0.25, -0.2) is 4.68 Å². The molecule has 20 heavy (non-hydrogen) atoms. The quantitative estimate of drug-likeness (QED) is 0.889. The second-order valence-electron chi connectivity index (χ2n) is 4.36. The van der Waals surface area contributed by atoms with Gasteiger partial charge in [0.05, 0.1) is 19.9 Å². The molecule has 1 heterocycles. The van der Waals surface area contributed by atoms with Crippen LogP contribution < -0.4 is 4.74 Å². The molecule has 0 amide bonds. The number of hydrogen-bond acceptors (Lipinski definition) is 3. The first kappa shape index (κ1) is 14.4. The molecule has 0 fully saturated rings. The molecule has 6 heteroatoms. The molecule has 0 spiro atoms. The number of carboxylic acid groups (broad SMARTS) is 1. The average Bonchev–Trinajstić information content (AvgIpc) is 2.78. The third-order valence-corrected chi connectivity index (χ3v) is 3.36. The Morgan fingerprint density at radius 1 is 1.50 bits per heavy atom. The van der Waals surface area contributed by atoms with Crippen molar-refractivity contribution < 1.29 is 14.6 Å². The standard InChI is InChI=1S/C14H15ClN2O3/c1-20-12-4-2-3-10(7-12)9-17-14(15)11(8-16-17)5-6-13(18)19/h2-4,7-8H,5-6,9H2,1H3,(H,18,19). The zero-order valence-corrected chi connectivity index (χ0v) is 11.8. The number of benzene rings is 1. The summed E-state index contributed by atoms with van der Waals surface area (Å²) in [5, 5.41) is 13.4. The van der Waals surface area contributed by atoms with Gasteiger partial charge >= 0.3 is 5.97 Å². The van der Waals surface area contributed by atoms with Crippen molar-refractivity contribution in [1.29, 1.82) is 0 Å². The van der Waals surface area contributed by atoms with Crippen molar-refractivity contribution in [3.8, 4) is 5.75 Å². The summed E-state index contributed by atoms with van der Waals surface area (Å²) in [6.45, 7) is 0.517. The number of hydrogen-bond donors (Lipinski definition) is 1. The highest BCUT2D eigenvalue weighted by Crippen LogP contribution is 2.20. The third kappa shape index (κ3) is 3.51. The van der Waals surface area contributed by atoms with E-state index in [4.69, 9.17) is 21.4 Å². The molecule has 0 radical (unpaired) electrons. The van der Waals surface area contributed by atoms with Crippen molar-refractivity contribution in [1.82, 2.24) is 9.78 Å². The fourth-order valence-electron chi connectivity index (χ4n) is 1.87. The Morgan fingerprint density at radius 2 is 2.30 bits per heavy atom. The molecule has 2 aromatic rings. The summed E-state index contributed by atoms with van der Waals surface area (Å²) in [5.41, 5.74) is 1.76. The molecule has 1 N–H and O–H groups in total. The molecular formula is C14H15ClN2O3. The highest BCUT2D eigenvalue weighted by molar-refractivity contribution is 6.30. The van der Waals surface area contributed by atoms with Crippen LogP contribution in [0.1, 0.15) is 17.5 Å². The summed E-state index contributed by atoms with van der Waals surface area (Å²) in [7, 11) is 1.62. The predicted molar refractivity (Wildman–Crippen MR) is 75.3 cm³/mol. The van der Waals surface area contributed by atoms with Gasteiger partial charge in [0.1, 0.15) is 10.9 Å². The van der Waals surface area contributed by atoms with Crippen LogP contribution in [0.5, 0.6) is 5.75 Å². The number of aromatic nitrogens is 2. The SMILES string of the molecule is COc1cccc(Cn2ncc(CCC(=O)O)c2Cl)c1. The van der Waals surface area contributed by atoms with Crippen LogP contribution in [0.3, 0.4) is 0 Å². The Hall–Kier alpha value is -2.01. The van der Waals surface area contributed by atoms with Gasteiger partial charge in [0.15, 0.2) is 0 Å². The van der Waals surface area contributed by atoms with Crippen molar-refractivity contribution in [2.24, 2.45) is 0 Å². The second-order valence-corrected chi connectivity index (χ2v) is 4.72. The van der Waals surface area contributed by atoms with Crippen LogP contribution in [0.2, 0.25) is 5.15 Å². The van der Waals surface area contributed by atoms with Crippen LogP contribution in [0.15, 0.2) is 30.5 Å². The lowest BCUT2D eigenvalue weighted by atomic mass is 10.2. The van der Waals surface area contributed by atoms with Crippen LogP contribution in [0.4, 0.5) is 0 Å². The number of methoxy groups -OCH3 is 1. The maximum Gasteiger partial charge on any atom is 0.303 e. The second kappa shape index (κ2) is 6.43. The van der Waals surface area contributed by atoms with Gasteiger partial charge in [-0.15, -0.1) is 0 Å². The van der Waals surface area contributed by atoms with Crippen molar-refractivity contribution in [2.75, 3.05) is 7.11 Å². The fourth-order valence-corrected chi connectivity index (χ4v) is 2.12. The molecule has 2 rings (SSSR count). The van der Waals surface area contributed by atoms with Crippen LogP contribution in [0, 0.1) is 0 Å². The normalized spacial score (nSPS) is 10.5. The molecular weight excluding hydrogens is 280 g/mol. The lowest BCUT2D eigenvalue weighted by Crippen LogP contribution is -2.02. The molecule has 0 saturated carbocycles. The van der Waals surface area contributed by atoms with Crippen LogP contribution in [-0.2, 0) is 17.8 Å². The number of carbonyl (C=O) groups is 1. The Morgan fingerprint density at radius 3 is 3.00 bits per heavy atom. The highest BCUT2D eigenvalue weighted by Gasteiger charge is 2.10. The lowest BCUT2D eigenvalue weighted by Gasteiger charge is -2.06. The van der Waals surface area contributed by atoms with Gasteiger partial charge in [0.25, 0.3) is 0 Å². The van der Waals surface area contributed by atoms with Gasteiger partial charge in [-0.1, -0.05) is 23.7 Å². The van der Waals surface area contributed by atoms with E-state index < -0.39 is 5.97 Å². The Labute approximate surface area is 121 Å². The van der Waals surface area contributed by atoms with Gasteiger partial charge in [-0.05, 0) is 24.1 Å². The maximum absolute atomic E-state index is 10.6. The molecule has 0 bridgehead atoms. The number of aryl methyl sites for hydroxylation is 1. The first-order valence-electron chi connectivity index (χ1n) is 6.15. The third-order valence-electron chi connectivity index (χ3n) is 2.92. The minimum absolute atomic E-state index is 0.0462. The molecule has 0 saturated heterocycles. The maximum atomic E-state index is 10.6. The monoisotopic (exact) mass is 294 g/mol. The van der Waals surface area contributed by atoms with E-state index in [1.54, 1.807) is 18.0 Å². The molecule has 106 valence electrons. The van der Waals surface area contributed by atoms with Crippen LogP contribution in [0.25, 0.3) is 0 Å². The van der Waals surface area contributed by atoms with Crippen molar-refractivity contribution in [2.45, 2.75) is 19.4 Å². The van der Waals surface area contributed by atoms with E-state index in [1.807, 2.05) is 24.3 Å². The molecule has 5 nitrogen and oxygen atoms in total. The van der Waals surface area contributed by atoms with Gasteiger partial charge in [-0.2, -0.15) is 5.10 Å². The number of ether oxygens (including phenoxy) is 1. The summed E-state index contributed by atoms with van der Waals surface area (Å²) in [4.78, 5) is 10.6. The van der Waals surface area contributed by atoms with Gasteiger partial charge in [0, 0.05) is 12.0 Å². The highest BCUT2D eigenvalue weighted by atomic mass is 35.5. The van der Waals surface area contributed by atoms with Crippen LogP contribution >= 0.6 is 11.6 Å². The Balaban J connectivity index is 2.11. The summed E-state index contributed by atoms with van der Waals surface area (Å²) in [6, 6.07) is 7.63. The molecule has 1 aromatic heterocycles. The van der Waals surface area contributed by atoms with E-state index in [0.29, 0.717) is 18.1 Å². The van der Waals surface area contributed by atoms with Gasteiger partial charge < -0.3 is 9.84 Å². The lowest BCUT2D eigenvalue weighted by molar-refractivity contribution is -0.136. The smallest absolute Gasteiger partial charge is 0.303 e. The first-order valence-corrected chi connectivity index (χ1v) is 6.53. The van der Waals surface area contributed by atoms with Gasteiger partial charge in [0.2, 0.25) is 0 Å². The zero-order chi connectivity index (χ0) is 14.5. The molecule has 0 aliphatic rings. The summed E-state index contributed by atoms with van der Waals surface area (Å²) >= 11 is 6.21. The van der Waals surface area contributed by atoms with Crippen molar-refractivity contribution in [3.63, 3.8) is 0 Å². The number of aliphatic carboxylic acids is 1. The number of rotatable bonds is 6. The van der Waals surface area contributed by atoms with Crippen molar-refractivity contribution in [3.05, 3.63) is 46.7 Å². The largest absolute Gasteiger partial charge is 0.497 e. The van der Waals surface area contributed by atoms with E-state index in [0.717, 1.165) is 16.9 Å². The topological polar surface area (TPSA) is 64.4 Å². The molecule has 0 atom stereocenters. The van der Waals surface area contributed by atoms with Gasteiger partial charge in [-0.3, -0.25) is 4.79 Å². The van der Waals surface area contributed by atoms with Crippen LogP contribution in [-0.4, -0.2) is 28.0 Å². The molecule has 0 aliphatic carbocycles. The van der Waals surface area contributed by atoms with E-state index in [1.165, 1.54) is 0 Å². The van der Waals surface area contributed by atoms with E-state index in [2.05, 4.69) is 5.10 Å². The minimum Gasteiger partial charge on any atom is -0.497 e. The number of carboxylic acids is 1. The van der Waals surface area contributed by atoms with E-state index >= 15 is 0 Å². The first-order chi connectivity index (χ1) is 9.60. The Kier molecular flexibility index (Phi) is 4.63. The fraction of sp³-hybridized carbons (Fsp3) is 0.286. The zero-order valence-electron chi connectivity index (χ0n) is 11.0. The van der Waals surface area contributed by atoms with Crippen molar-refractivity contribution >= 4 is 17.6 Å². The molecule has 0 aliphatic heterocycles. The minimum atomic E-state index is -0.846. The average molecular weight is 295 g/mol. The predicted octanol–water partition coefficient (Wildman–Crippen LogP) is 2.61. The summed E-state index contributed by atoms with van der Waals surface area (Å²) in [6.07, 6.45) is 2.04. The number of halogens is 1. The Bertz CT molecular complexity index is 610.